The van der Waals surface area contributed by atoms with E-state index in [4.69, 9.17) is 10.5 Å². The summed E-state index contributed by atoms with van der Waals surface area (Å²) in [6.45, 7) is 5.57. The quantitative estimate of drug-likeness (QED) is 0.212. The second-order valence-electron chi connectivity index (χ2n) is 11.8. The van der Waals surface area contributed by atoms with Gasteiger partial charge < -0.3 is 36.4 Å². The Balaban J connectivity index is 1.79. The first-order valence-electron chi connectivity index (χ1n) is 14.3. The zero-order chi connectivity index (χ0) is 32.4. The molecule has 1 unspecified atom stereocenters. The minimum Gasteiger partial charge on any atom is -0.445 e. The number of alkyl halides is 1. The second-order valence-corrected chi connectivity index (χ2v) is 13.1. The van der Waals surface area contributed by atoms with Crippen LogP contribution >= 0.6 is 15.9 Å². The van der Waals surface area contributed by atoms with E-state index in [1.807, 2.05) is 26.8 Å². The predicted molar refractivity (Wildman–Crippen MR) is 166 cm³/mol. The lowest BCUT2D eigenvalue weighted by atomic mass is 9.99. The number of primary amides is 1. The fourth-order valence-electron chi connectivity index (χ4n) is 4.78. The largest absolute Gasteiger partial charge is 0.445 e. The number of hydrogen-bond donors (Lipinski definition) is 5. The van der Waals surface area contributed by atoms with Gasteiger partial charge >= 0.3 is 6.09 Å². The van der Waals surface area contributed by atoms with E-state index in [-0.39, 0.29) is 30.3 Å². The molecule has 1 saturated heterocycles. The number of nitrogens with two attached hydrogens (primary N) is 1. The third kappa shape index (κ3) is 10.6. The molecule has 0 saturated carbocycles. The molecule has 0 aromatic heterocycles. The van der Waals surface area contributed by atoms with Crippen LogP contribution in [0.5, 0.6) is 0 Å². The molecule has 1 heterocycles. The molecule has 0 bridgehead atoms. The molecule has 12 nitrogen and oxygen atoms in total. The highest BCUT2D eigenvalue weighted by atomic mass is 79.9. The maximum Gasteiger partial charge on any atom is 0.408 e. The van der Waals surface area contributed by atoms with Crippen molar-refractivity contribution in [3.05, 3.63) is 71.8 Å². The van der Waals surface area contributed by atoms with E-state index in [1.165, 1.54) is 4.90 Å². The molecule has 6 N–H and O–H groups in total. The molecule has 44 heavy (non-hydrogen) atoms. The summed E-state index contributed by atoms with van der Waals surface area (Å²) in [5.41, 5.74) is 6.23. The second kappa shape index (κ2) is 15.7. The number of aliphatic hydroxyl groups is 1. The molecule has 2 aromatic rings. The van der Waals surface area contributed by atoms with Crippen molar-refractivity contribution < 1.29 is 33.8 Å². The smallest absolute Gasteiger partial charge is 0.408 e. The van der Waals surface area contributed by atoms with Crippen LogP contribution in [0.2, 0.25) is 0 Å². The summed E-state index contributed by atoms with van der Waals surface area (Å²) >= 11 is 3.49. The molecule has 1 aliphatic heterocycles. The van der Waals surface area contributed by atoms with Gasteiger partial charge in [-0.3, -0.25) is 19.2 Å². The summed E-state index contributed by atoms with van der Waals surface area (Å²) in [5.74, 6) is -2.82. The highest BCUT2D eigenvalue weighted by Gasteiger charge is 2.43. The first-order valence-corrected chi connectivity index (χ1v) is 15.2. The van der Waals surface area contributed by atoms with Gasteiger partial charge in [-0.1, -0.05) is 76.6 Å². The van der Waals surface area contributed by atoms with E-state index >= 15 is 0 Å². The predicted octanol–water partition coefficient (Wildman–Crippen LogP) is 1.52. The van der Waals surface area contributed by atoms with Crippen molar-refractivity contribution in [2.24, 2.45) is 5.73 Å². The highest BCUT2D eigenvalue weighted by molar-refractivity contribution is 9.09. The van der Waals surface area contributed by atoms with Crippen molar-refractivity contribution in [1.29, 1.82) is 0 Å². The van der Waals surface area contributed by atoms with Gasteiger partial charge in [0.15, 0.2) is 6.10 Å². The van der Waals surface area contributed by atoms with Crippen LogP contribution in [0.1, 0.15) is 44.7 Å². The first-order chi connectivity index (χ1) is 20.7. The number of alkyl carbamates (subject to hydrolysis) is 1. The van der Waals surface area contributed by atoms with E-state index in [0.29, 0.717) is 17.5 Å². The van der Waals surface area contributed by atoms with Crippen molar-refractivity contribution in [2.45, 2.75) is 81.2 Å². The molecule has 3 rings (SSSR count). The number of likely N-dealkylation sites (tertiary alicyclic amines) is 1. The highest BCUT2D eigenvalue weighted by Crippen LogP contribution is 2.26. The van der Waals surface area contributed by atoms with Crippen molar-refractivity contribution in [3.8, 4) is 0 Å². The summed E-state index contributed by atoms with van der Waals surface area (Å²) in [7, 11) is 0. The molecule has 1 aliphatic rings. The summed E-state index contributed by atoms with van der Waals surface area (Å²) in [5, 5.41) is 19.2. The van der Waals surface area contributed by atoms with Gasteiger partial charge in [-0.15, -0.1) is 0 Å². The van der Waals surface area contributed by atoms with Crippen LogP contribution in [0, 0.1) is 0 Å². The molecule has 5 atom stereocenters. The maximum atomic E-state index is 13.7. The van der Waals surface area contributed by atoms with Crippen molar-refractivity contribution >= 4 is 45.7 Å². The third-order valence-corrected chi connectivity index (χ3v) is 7.48. The zero-order valence-electron chi connectivity index (χ0n) is 25.0. The van der Waals surface area contributed by atoms with Crippen LogP contribution in [-0.2, 0) is 36.9 Å². The van der Waals surface area contributed by atoms with Gasteiger partial charge in [-0.05, 0) is 44.7 Å². The average molecular weight is 675 g/mol. The van der Waals surface area contributed by atoms with Crippen LogP contribution in [0.25, 0.3) is 0 Å². The lowest BCUT2D eigenvalue weighted by molar-refractivity contribution is -0.147. The number of nitrogens with zero attached hydrogens (tertiary/aromatic N) is 1. The first kappa shape index (κ1) is 34.5. The normalized spacial score (nSPS) is 18.4. The molecular formula is C31H40BrN5O7. The Bertz CT molecular complexity index is 1310. The summed E-state index contributed by atoms with van der Waals surface area (Å²) < 4.78 is 5.19. The van der Waals surface area contributed by atoms with E-state index in [0.717, 1.165) is 0 Å². The molecule has 0 radical (unpaired) electrons. The van der Waals surface area contributed by atoms with Crippen molar-refractivity contribution in [2.75, 3.05) is 6.54 Å². The Morgan fingerprint density at radius 2 is 1.59 bits per heavy atom. The number of amides is 5. The lowest BCUT2D eigenvalue weighted by Crippen LogP contribution is -2.59. The summed E-state index contributed by atoms with van der Waals surface area (Å²) in [4.78, 5) is 65.6. The fourth-order valence-corrected chi connectivity index (χ4v) is 5.45. The fraction of sp³-hybridized carbons (Fsp3) is 0.452. The Morgan fingerprint density at radius 3 is 2.16 bits per heavy atom. The van der Waals surface area contributed by atoms with Crippen LogP contribution in [0.4, 0.5) is 4.79 Å². The Hall–Kier alpha value is -3.97. The average Bonchev–Trinajstić information content (AvgIpc) is 3.36. The van der Waals surface area contributed by atoms with Crippen LogP contribution < -0.4 is 21.7 Å². The van der Waals surface area contributed by atoms with E-state index in [9.17, 15) is 29.1 Å². The minimum atomic E-state index is -1.76. The number of ether oxygens (including phenoxy) is 1. The molecule has 0 spiro atoms. The van der Waals surface area contributed by atoms with E-state index in [2.05, 4.69) is 31.9 Å². The van der Waals surface area contributed by atoms with Gasteiger partial charge in [-0.25, -0.2) is 4.79 Å². The number of rotatable bonds is 12. The SMILES string of the molecule is CC(C)(C)NC(=O)[C@@H]1CC(Br)CN1C(=O)[C@@H](O)[C@H](Cc1ccccc1)NC(=O)[C@H](CC(N)=O)NC(=O)OCc1ccccc1. The molecule has 1 fully saturated rings. The van der Waals surface area contributed by atoms with Crippen LogP contribution in [-0.4, -0.2) is 80.9 Å². The Morgan fingerprint density at radius 1 is 1.00 bits per heavy atom. The molecule has 0 aliphatic carbocycles. The summed E-state index contributed by atoms with van der Waals surface area (Å²) in [6, 6.07) is 14.3. The van der Waals surface area contributed by atoms with E-state index in [1.54, 1.807) is 54.6 Å². The number of hydrogen-bond acceptors (Lipinski definition) is 7. The van der Waals surface area contributed by atoms with Gasteiger partial charge in [0.1, 0.15) is 18.7 Å². The molecule has 2 aromatic carbocycles. The number of aliphatic hydroxyl groups excluding tert-OH is 1. The number of nitrogens with one attached hydrogen (secondary N) is 3. The van der Waals surface area contributed by atoms with Gasteiger partial charge in [0, 0.05) is 16.9 Å². The Kier molecular flexibility index (Phi) is 12.3. The molecule has 238 valence electrons. The van der Waals surface area contributed by atoms with E-state index < -0.39 is 60.0 Å². The topological polar surface area (TPSA) is 180 Å². The standard InChI is InChI=1S/C31H40BrN5O7/c1-31(2,3)36-28(41)24-15-21(32)17-37(24)29(42)26(39)22(14-19-10-6-4-7-11-19)34-27(40)23(16-25(33)38)35-30(43)44-18-20-12-8-5-9-13-20/h4-13,21-24,26,39H,14-18H2,1-3H3,(H2,33,38)(H,34,40)(H,35,43)(H,36,41)/t21?,22-,23-,24-,26-/m0/s1. The van der Waals surface area contributed by atoms with Gasteiger partial charge in [0.25, 0.3) is 5.91 Å². The summed E-state index contributed by atoms with van der Waals surface area (Å²) in [6.07, 6.45) is -2.90. The number of carbonyl (C=O) groups is 5. The van der Waals surface area contributed by atoms with Crippen molar-refractivity contribution in [3.63, 3.8) is 0 Å². The van der Waals surface area contributed by atoms with Crippen LogP contribution in [0.15, 0.2) is 60.7 Å². The molecule has 5 amide bonds. The van der Waals surface area contributed by atoms with Crippen LogP contribution in [0.3, 0.4) is 0 Å². The Labute approximate surface area is 265 Å². The zero-order valence-corrected chi connectivity index (χ0v) is 26.6. The molecule has 13 heteroatoms. The number of benzene rings is 2. The van der Waals surface area contributed by atoms with Gasteiger partial charge in [0.2, 0.25) is 17.7 Å². The number of halogens is 1. The molecular weight excluding hydrogens is 634 g/mol. The monoisotopic (exact) mass is 673 g/mol. The maximum absolute atomic E-state index is 13.7. The lowest BCUT2D eigenvalue weighted by Gasteiger charge is -2.32. The van der Waals surface area contributed by atoms with Crippen molar-refractivity contribution in [1.82, 2.24) is 20.9 Å². The minimum absolute atomic E-state index is 0.0334. The third-order valence-electron chi connectivity index (χ3n) is 6.82. The van der Waals surface area contributed by atoms with Gasteiger partial charge in [-0.2, -0.15) is 0 Å². The van der Waals surface area contributed by atoms with Gasteiger partial charge in [0.05, 0.1) is 12.5 Å². The number of carbonyl (C=O) groups excluding carboxylic acids is 5.